The van der Waals surface area contributed by atoms with E-state index in [1.165, 1.54) is 0 Å². The van der Waals surface area contributed by atoms with Gasteiger partial charge in [-0.3, -0.25) is 14.6 Å². The minimum Gasteiger partial charge on any atom is -0.378 e. The van der Waals surface area contributed by atoms with Crippen molar-refractivity contribution in [1.29, 1.82) is 0 Å². The highest BCUT2D eigenvalue weighted by molar-refractivity contribution is 7.91. The van der Waals surface area contributed by atoms with Gasteiger partial charge in [-0.25, -0.2) is 8.42 Å². The van der Waals surface area contributed by atoms with E-state index in [9.17, 15) is 13.2 Å². The first-order valence-corrected chi connectivity index (χ1v) is 12.0. The van der Waals surface area contributed by atoms with E-state index in [-0.39, 0.29) is 23.7 Å². The third-order valence-electron chi connectivity index (χ3n) is 6.11. The lowest BCUT2D eigenvalue weighted by molar-refractivity contribution is -0.142. The Kier molecular flexibility index (Phi) is 6.01. The molecule has 1 aromatic rings. The first kappa shape index (κ1) is 19.8. The highest BCUT2D eigenvalue weighted by atomic mass is 32.2. The number of ether oxygens (including phenoxy) is 1. The molecule has 0 aromatic heterocycles. The molecule has 2 atom stereocenters. The number of amides is 1. The fourth-order valence-electron chi connectivity index (χ4n) is 4.53. The highest BCUT2D eigenvalue weighted by Crippen LogP contribution is 2.27. The molecule has 0 spiro atoms. The topological polar surface area (TPSA) is 70.2 Å². The monoisotopic (exact) mass is 407 g/mol. The van der Waals surface area contributed by atoms with Gasteiger partial charge >= 0.3 is 0 Å². The van der Waals surface area contributed by atoms with Crippen LogP contribution in [0.25, 0.3) is 0 Å². The Labute approximate surface area is 167 Å². The van der Waals surface area contributed by atoms with Crippen LogP contribution in [-0.4, -0.2) is 99.1 Å². The van der Waals surface area contributed by atoms with E-state index in [1.54, 1.807) is 0 Å². The number of rotatable bonds is 4. The van der Waals surface area contributed by atoms with Crippen LogP contribution in [0.4, 0.5) is 0 Å². The molecule has 28 heavy (non-hydrogen) atoms. The maximum absolute atomic E-state index is 13.4. The largest absolute Gasteiger partial charge is 0.378 e. The molecule has 154 valence electrons. The van der Waals surface area contributed by atoms with E-state index >= 15 is 0 Å². The summed E-state index contributed by atoms with van der Waals surface area (Å²) in [5.41, 5.74) is 1.02. The number of morpholine rings is 1. The van der Waals surface area contributed by atoms with E-state index in [0.29, 0.717) is 32.1 Å². The van der Waals surface area contributed by atoms with Gasteiger partial charge in [0.25, 0.3) is 0 Å². The molecule has 0 N–H and O–H groups in total. The van der Waals surface area contributed by atoms with Crippen LogP contribution in [0.2, 0.25) is 0 Å². The smallest absolute Gasteiger partial charge is 0.244 e. The van der Waals surface area contributed by atoms with Gasteiger partial charge in [0.05, 0.1) is 24.7 Å². The summed E-state index contributed by atoms with van der Waals surface area (Å²) >= 11 is 0. The lowest BCUT2D eigenvalue weighted by Gasteiger charge is -2.42. The van der Waals surface area contributed by atoms with E-state index in [4.69, 9.17) is 4.74 Å². The molecule has 3 fully saturated rings. The number of carbonyl (C=O) groups is 1. The average Bonchev–Trinajstić information content (AvgIpc) is 3.10. The standard InChI is InChI=1S/C20H29N3O4S/c24-20(23-11-13-27-14-12-23)19(17-4-2-1-3-5-17)22-9-7-21(8-10-22)18-6-15-28(25,26)16-18/h1-5,18-19H,6-16H2/t18-,19+/m0/s1. The van der Waals surface area contributed by atoms with Crippen molar-refractivity contribution < 1.29 is 17.9 Å². The second-order valence-electron chi connectivity index (χ2n) is 7.88. The molecule has 0 unspecified atom stereocenters. The Morgan fingerprint density at radius 1 is 1.00 bits per heavy atom. The number of piperazine rings is 1. The van der Waals surface area contributed by atoms with Crippen molar-refractivity contribution in [1.82, 2.24) is 14.7 Å². The van der Waals surface area contributed by atoms with Crippen molar-refractivity contribution in [2.75, 3.05) is 64.0 Å². The maximum Gasteiger partial charge on any atom is 0.244 e. The van der Waals surface area contributed by atoms with Crippen molar-refractivity contribution >= 4 is 15.7 Å². The van der Waals surface area contributed by atoms with Gasteiger partial charge in [-0.15, -0.1) is 0 Å². The fraction of sp³-hybridized carbons (Fsp3) is 0.650. The van der Waals surface area contributed by atoms with Crippen LogP contribution >= 0.6 is 0 Å². The summed E-state index contributed by atoms with van der Waals surface area (Å²) in [5, 5.41) is 0. The Bertz CT molecular complexity index is 772. The Morgan fingerprint density at radius 2 is 1.68 bits per heavy atom. The van der Waals surface area contributed by atoms with Gasteiger partial charge in [-0.1, -0.05) is 30.3 Å². The van der Waals surface area contributed by atoms with Gasteiger partial charge in [0.15, 0.2) is 9.84 Å². The maximum atomic E-state index is 13.4. The second kappa shape index (κ2) is 8.49. The molecule has 3 aliphatic heterocycles. The summed E-state index contributed by atoms with van der Waals surface area (Å²) in [6.07, 6.45) is 0.733. The van der Waals surface area contributed by atoms with E-state index < -0.39 is 9.84 Å². The number of carbonyl (C=O) groups excluding carboxylic acids is 1. The number of sulfone groups is 1. The predicted octanol–water partition coefficient (Wildman–Crippen LogP) is 0.391. The Morgan fingerprint density at radius 3 is 2.29 bits per heavy atom. The Hall–Kier alpha value is -1.48. The molecule has 4 rings (SSSR count). The molecular weight excluding hydrogens is 378 g/mol. The lowest BCUT2D eigenvalue weighted by Crippen LogP contribution is -2.55. The third-order valence-corrected chi connectivity index (χ3v) is 7.86. The van der Waals surface area contributed by atoms with Crippen LogP contribution in [0.1, 0.15) is 18.0 Å². The van der Waals surface area contributed by atoms with Crippen molar-refractivity contribution in [2.45, 2.75) is 18.5 Å². The van der Waals surface area contributed by atoms with Crippen LogP contribution in [0, 0.1) is 0 Å². The molecule has 0 bridgehead atoms. The molecule has 3 saturated heterocycles. The molecule has 0 aliphatic carbocycles. The van der Waals surface area contributed by atoms with Gasteiger partial charge in [-0.2, -0.15) is 0 Å². The zero-order chi connectivity index (χ0) is 19.6. The zero-order valence-electron chi connectivity index (χ0n) is 16.2. The molecule has 1 aromatic carbocycles. The van der Waals surface area contributed by atoms with E-state index in [1.807, 2.05) is 35.2 Å². The van der Waals surface area contributed by atoms with Gasteiger partial charge in [0.1, 0.15) is 6.04 Å². The minimum atomic E-state index is -2.87. The number of nitrogens with zero attached hydrogens (tertiary/aromatic N) is 3. The quantitative estimate of drug-likeness (QED) is 0.719. The van der Waals surface area contributed by atoms with Gasteiger partial charge in [0, 0.05) is 45.3 Å². The summed E-state index contributed by atoms with van der Waals surface area (Å²) in [6.45, 7) is 5.62. The third kappa shape index (κ3) is 4.40. The zero-order valence-corrected chi connectivity index (χ0v) is 17.0. The van der Waals surface area contributed by atoms with Crippen LogP contribution in [0.5, 0.6) is 0 Å². The van der Waals surface area contributed by atoms with Crippen molar-refractivity contribution in [3.63, 3.8) is 0 Å². The van der Waals surface area contributed by atoms with Crippen LogP contribution < -0.4 is 0 Å². The molecule has 1 amide bonds. The first-order chi connectivity index (χ1) is 13.5. The molecule has 8 heteroatoms. The summed E-state index contributed by atoms with van der Waals surface area (Å²) < 4.78 is 29.0. The van der Waals surface area contributed by atoms with Gasteiger partial charge in [-0.05, 0) is 12.0 Å². The molecule has 0 saturated carbocycles. The van der Waals surface area contributed by atoms with E-state index in [0.717, 1.165) is 38.2 Å². The summed E-state index contributed by atoms with van der Waals surface area (Å²) in [4.78, 5) is 19.8. The fourth-order valence-corrected chi connectivity index (χ4v) is 6.29. The van der Waals surface area contributed by atoms with Crippen LogP contribution in [0.3, 0.4) is 0 Å². The SMILES string of the molecule is O=C([C@@H](c1ccccc1)N1CCN([C@H]2CCS(=O)(=O)C2)CC1)N1CCOCC1. The summed E-state index contributed by atoms with van der Waals surface area (Å²) in [7, 11) is -2.87. The average molecular weight is 408 g/mol. The van der Waals surface area contributed by atoms with Crippen molar-refractivity contribution in [3.8, 4) is 0 Å². The van der Waals surface area contributed by atoms with E-state index in [2.05, 4.69) is 9.80 Å². The number of benzene rings is 1. The Balaban J connectivity index is 1.46. The minimum absolute atomic E-state index is 0.136. The van der Waals surface area contributed by atoms with Gasteiger partial charge in [0.2, 0.25) is 5.91 Å². The lowest BCUT2D eigenvalue weighted by atomic mass is 10.0. The first-order valence-electron chi connectivity index (χ1n) is 10.1. The molecular formula is C20H29N3O4S. The summed E-state index contributed by atoms with van der Waals surface area (Å²) in [6, 6.07) is 9.84. The normalized spacial score (nSPS) is 27.6. The van der Waals surface area contributed by atoms with Crippen LogP contribution in [0.15, 0.2) is 30.3 Å². The van der Waals surface area contributed by atoms with Crippen LogP contribution in [-0.2, 0) is 19.4 Å². The molecule has 0 radical (unpaired) electrons. The molecule has 3 aliphatic rings. The predicted molar refractivity (Wildman–Crippen MR) is 107 cm³/mol. The second-order valence-corrected chi connectivity index (χ2v) is 10.1. The van der Waals surface area contributed by atoms with Crippen molar-refractivity contribution in [3.05, 3.63) is 35.9 Å². The summed E-state index contributed by atoms with van der Waals surface area (Å²) in [5.74, 6) is 0.730. The number of hydrogen-bond acceptors (Lipinski definition) is 6. The van der Waals surface area contributed by atoms with Gasteiger partial charge < -0.3 is 9.64 Å². The highest BCUT2D eigenvalue weighted by Gasteiger charge is 2.37. The van der Waals surface area contributed by atoms with Crippen molar-refractivity contribution in [2.24, 2.45) is 0 Å². The molecule has 7 nitrogen and oxygen atoms in total. The number of hydrogen-bond donors (Lipinski definition) is 0. The molecule has 3 heterocycles.